The van der Waals surface area contributed by atoms with Crippen molar-refractivity contribution < 1.29 is 4.42 Å². The summed E-state index contributed by atoms with van der Waals surface area (Å²) in [5.74, 6) is 2.89. The van der Waals surface area contributed by atoms with Gasteiger partial charge >= 0.3 is 0 Å². The Morgan fingerprint density at radius 1 is 1.47 bits per heavy atom. The van der Waals surface area contributed by atoms with Crippen molar-refractivity contribution in [3.63, 3.8) is 0 Å². The number of hydrogen-bond donors (Lipinski definition) is 1. The van der Waals surface area contributed by atoms with Crippen LogP contribution in [0.4, 0.5) is 0 Å². The van der Waals surface area contributed by atoms with Gasteiger partial charge in [-0.2, -0.15) is 0 Å². The number of furan rings is 1. The summed E-state index contributed by atoms with van der Waals surface area (Å²) in [7, 11) is 2.05. The predicted octanol–water partition coefficient (Wildman–Crippen LogP) is 3.93. The third kappa shape index (κ3) is 2.42. The van der Waals surface area contributed by atoms with Crippen LogP contribution in [0.3, 0.4) is 0 Å². The van der Waals surface area contributed by atoms with E-state index in [9.17, 15) is 0 Å². The molecule has 0 aromatic carbocycles. The summed E-state index contributed by atoms with van der Waals surface area (Å²) < 4.78 is 5.93. The minimum atomic E-state index is 0.368. The summed E-state index contributed by atoms with van der Waals surface area (Å²) in [6.45, 7) is 6.91. The summed E-state index contributed by atoms with van der Waals surface area (Å²) in [4.78, 5) is 0. The lowest BCUT2D eigenvalue weighted by Crippen LogP contribution is -2.31. The van der Waals surface area contributed by atoms with Gasteiger partial charge in [0, 0.05) is 6.42 Å². The van der Waals surface area contributed by atoms with Crippen molar-refractivity contribution >= 4 is 0 Å². The molecule has 1 heterocycles. The third-order valence-electron chi connectivity index (χ3n) is 4.39. The summed E-state index contributed by atoms with van der Waals surface area (Å²) in [6.07, 6.45) is 4.96. The second-order valence-electron chi connectivity index (χ2n) is 5.91. The molecule has 0 saturated heterocycles. The standard InChI is InChI=1S/C15H25NO/c1-5-11-8-9-13(17-11)14(16-4)12-7-6-10-15(12,2)3/h8-9,12,14,16H,5-7,10H2,1-4H3. The van der Waals surface area contributed by atoms with E-state index in [4.69, 9.17) is 4.42 Å². The number of hydrogen-bond acceptors (Lipinski definition) is 2. The Morgan fingerprint density at radius 3 is 2.71 bits per heavy atom. The monoisotopic (exact) mass is 235 g/mol. The number of nitrogens with one attached hydrogen (secondary N) is 1. The molecule has 0 radical (unpaired) electrons. The van der Waals surface area contributed by atoms with Crippen LogP contribution in [-0.4, -0.2) is 7.05 Å². The molecule has 1 N–H and O–H groups in total. The second-order valence-corrected chi connectivity index (χ2v) is 5.91. The second kappa shape index (κ2) is 4.85. The largest absolute Gasteiger partial charge is 0.464 e. The molecule has 0 bridgehead atoms. The van der Waals surface area contributed by atoms with Gasteiger partial charge in [0.25, 0.3) is 0 Å². The molecule has 1 aromatic rings. The molecule has 1 fully saturated rings. The van der Waals surface area contributed by atoms with Gasteiger partial charge in [-0.1, -0.05) is 27.2 Å². The molecule has 2 nitrogen and oxygen atoms in total. The predicted molar refractivity (Wildman–Crippen MR) is 71.0 cm³/mol. The van der Waals surface area contributed by atoms with Crippen molar-refractivity contribution in [2.75, 3.05) is 7.05 Å². The van der Waals surface area contributed by atoms with Gasteiger partial charge in [0.05, 0.1) is 6.04 Å². The lowest BCUT2D eigenvalue weighted by atomic mass is 9.77. The zero-order valence-corrected chi connectivity index (χ0v) is 11.5. The molecule has 2 heteroatoms. The molecule has 1 aromatic heterocycles. The Morgan fingerprint density at radius 2 is 2.24 bits per heavy atom. The van der Waals surface area contributed by atoms with Gasteiger partial charge < -0.3 is 9.73 Å². The maximum Gasteiger partial charge on any atom is 0.121 e. The van der Waals surface area contributed by atoms with Crippen molar-refractivity contribution in [2.45, 2.75) is 52.5 Å². The van der Waals surface area contributed by atoms with Crippen LogP contribution in [0.1, 0.15) is 57.6 Å². The van der Waals surface area contributed by atoms with Gasteiger partial charge in [-0.25, -0.2) is 0 Å². The Balaban J connectivity index is 2.21. The molecule has 0 amide bonds. The molecule has 0 aliphatic heterocycles. The number of rotatable bonds is 4. The average molecular weight is 235 g/mol. The maximum atomic E-state index is 5.93. The van der Waals surface area contributed by atoms with Crippen LogP contribution < -0.4 is 5.32 Å². The van der Waals surface area contributed by atoms with Crippen LogP contribution in [0.2, 0.25) is 0 Å². The fraction of sp³-hybridized carbons (Fsp3) is 0.733. The van der Waals surface area contributed by atoms with Gasteiger partial charge in [0.1, 0.15) is 11.5 Å². The normalized spacial score (nSPS) is 25.1. The van der Waals surface area contributed by atoms with E-state index in [1.807, 2.05) is 7.05 Å². The van der Waals surface area contributed by atoms with Crippen LogP contribution in [0.25, 0.3) is 0 Å². The van der Waals surface area contributed by atoms with Crippen molar-refractivity contribution in [3.8, 4) is 0 Å². The summed E-state index contributed by atoms with van der Waals surface area (Å²) >= 11 is 0. The molecule has 1 aliphatic carbocycles. The van der Waals surface area contributed by atoms with E-state index in [1.54, 1.807) is 0 Å². The zero-order chi connectivity index (χ0) is 12.5. The zero-order valence-electron chi connectivity index (χ0n) is 11.5. The Hall–Kier alpha value is -0.760. The molecule has 0 spiro atoms. The topological polar surface area (TPSA) is 25.2 Å². The van der Waals surface area contributed by atoms with Crippen LogP contribution in [0, 0.1) is 11.3 Å². The van der Waals surface area contributed by atoms with Crippen molar-refractivity contribution in [3.05, 3.63) is 23.7 Å². The summed E-state index contributed by atoms with van der Waals surface area (Å²) in [6, 6.07) is 4.63. The molecule has 2 rings (SSSR count). The van der Waals surface area contributed by atoms with Crippen LogP contribution >= 0.6 is 0 Å². The Labute approximate surface area is 105 Å². The summed E-state index contributed by atoms with van der Waals surface area (Å²) in [5, 5.41) is 3.46. The fourth-order valence-corrected chi connectivity index (χ4v) is 3.26. The van der Waals surface area contributed by atoms with E-state index in [2.05, 4.69) is 38.2 Å². The molecule has 1 aliphatic rings. The quantitative estimate of drug-likeness (QED) is 0.855. The summed E-state index contributed by atoms with van der Waals surface area (Å²) in [5.41, 5.74) is 0.423. The van der Waals surface area contributed by atoms with E-state index in [0.29, 0.717) is 17.4 Å². The highest BCUT2D eigenvalue weighted by atomic mass is 16.3. The molecule has 2 unspecified atom stereocenters. The van der Waals surface area contributed by atoms with Gasteiger partial charge in [0.15, 0.2) is 0 Å². The van der Waals surface area contributed by atoms with Gasteiger partial charge in [-0.05, 0) is 43.4 Å². The van der Waals surface area contributed by atoms with E-state index in [-0.39, 0.29) is 0 Å². The number of aryl methyl sites for hydroxylation is 1. The lowest BCUT2D eigenvalue weighted by molar-refractivity contribution is 0.185. The SMILES string of the molecule is CCc1ccc(C(NC)C2CCCC2(C)C)o1. The molecule has 17 heavy (non-hydrogen) atoms. The highest BCUT2D eigenvalue weighted by Gasteiger charge is 2.40. The minimum Gasteiger partial charge on any atom is -0.464 e. The average Bonchev–Trinajstić information content (AvgIpc) is 2.88. The van der Waals surface area contributed by atoms with E-state index >= 15 is 0 Å². The first-order valence-corrected chi connectivity index (χ1v) is 6.84. The minimum absolute atomic E-state index is 0.368. The first-order chi connectivity index (χ1) is 8.08. The van der Waals surface area contributed by atoms with Crippen molar-refractivity contribution in [1.82, 2.24) is 5.32 Å². The highest BCUT2D eigenvalue weighted by molar-refractivity contribution is 5.13. The molecule has 96 valence electrons. The fourth-order valence-electron chi connectivity index (χ4n) is 3.26. The first kappa shape index (κ1) is 12.7. The van der Waals surface area contributed by atoms with Crippen LogP contribution in [-0.2, 0) is 6.42 Å². The van der Waals surface area contributed by atoms with Crippen molar-refractivity contribution in [2.24, 2.45) is 11.3 Å². The maximum absolute atomic E-state index is 5.93. The molecule has 2 atom stereocenters. The highest BCUT2D eigenvalue weighted by Crippen LogP contribution is 2.48. The van der Waals surface area contributed by atoms with E-state index in [0.717, 1.165) is 17.9 Å². The molecular weight excluding hydrogens is 210 g/mol. The van der Waals surface area contributed by atoms with Crippen molar-refractivity contribution in [1.29, 1.82) is 0 Å². The van der Waals surface area contributed by atoms with Gasteiger partial charge in [0.2, 0.25) is 0 Å². The van der Waals surface area contributed by atoms with Crippen LogP contribution in [0.5, 0.6) is 0 Å². The first-order valence-electron chi connectivity index (χ1n) is 6.84. The van der Waals surface area contributed by atoms with E-state index in [1.165, 1.54) is 19.3 Å². The van der Waals surface area contributed by atoms with Gasteiger partial charge in [-0.15, -0.1) is 0 Å². The Kier molecular flexibility index (Phi) is 3.62. The van der Waals surface area contributed by atoms with Crippen LogP contribution in [0.15, 0.2) is 16.5 Å². The van der Waals surface area contributed by atoms with Gasteiger partial charge in [-0.3, -0.25) is 0 Å². The molecular formula is C15H25NO. The van der Waals surface area contributed by atoms with E-state index < -0.39 is 0 Å². The Bertz CT molecular complexity index is 367. The lowest BCUT2D eigenvalue weighted by Gasteiger charge is -2.33. The smallest absolute Gasteiger partial charge is 0.121 e. The molecule has 1 saturated carbocycles. The third-order valence-corrected chi connectivity index (χ3v) is 4.39.